The Balaban J connectivity index is 2.64. The van der Waals surface area contributed by atoms with Crippen LogP contribution in [0.5, 0.6) is 5.75 Å². The molecule has 1 N–H and O–H groups in total. The normalized spacial score (nSPS) is 10.9. The summed E-state index contributed by atoms with van der Waals surface area (Å²) in [5, 5.41) is 3.38. The molecule has 96 valence electrons. The van der Waals surface area contributed by atoms with Gasteiger partial charge < -0.3 is 10.1 Å². The van der Waals surface area contributed by atoms with Crippen LogP contribution in [0.15, 0.2) is 18.2 Å². The van der Waals surface area contributed by atoms with Gasteiger partial charge in [-0.15, -0.1) is 11.6 Å². The van der Waals surface area contributed by atoms with Gasteiger partial charge in [0.1, 0.15) is 5.75 Å². The predicted octanol–water partition coefficient (Wildman–Crippen LogP) is 3.54. The second-order valence-corrected chi connectivity index (χ2v) is 4.83. The quantitative estimate of drug-likeness (QED) is 0.594. The molecule has 1 rings (SSSR count). The van der Waals surface area contributed by atoms with E-state index in [1.807, 2.05) is 6.07 Å². The van der Waals surface area contributed by atoms with Gasteiger partial charge >= 0.3 is 0 Å². The number of hydrogen-bond donors (Lipinski definition) is 1. The van der Waals surface area contributed by atoms with Crippen LogP contribution in [-0.4, -0.2) is 19.5 Å². The van der Waals surface area contributed by atoms with Crippen molar-refractivity contribution in [1.82, 2.24) is 5.32 Å². The summed E-state index contributed by atoms with van der Waals surface area (Å²) in [4.78, 5) is 0. The van der Waals surface area contributed by atoms with Crippen molar-refractivity contribution in [2.45, 2.75) is 32.7 Å². The van der Waals surface area contributed by atoms with Crippen molar-refractivity contribution in [3.63, 3.8) is 0 Å². The largest absolute Gasteiger partial charge is 0.496 e. The van der Waals surface area contributed by atoms with Gasteiger partial charge in [0, 0.05) is 12.4 Å². The first-order valence-corrected chi connectivity index (χ1v) is 6.66. The average molecular weight is 256 g/mol. The molecule has 0 aliphatic carbocycles. The zero-order chi connectivity index (χ0) is 12.7. The highest BCUT2D eigenvalue weighted by molar-refractivity contribution is 6.17. The Morgan fingerprint density at radius 3 is 2.71 bits per heavy atom. The van der Waals surface area contributed by atoms with Crippen molar-refractivity contribution in [3.8, 4) is 5.75 Å². The number of nitrogens with one attached hydrogen (secondary N) is 1. The van der Waals surface area contributed by atoms with E-state index < -0.39 is 0 Å². The summed E-state index contributed by atoms with van der Waals surface area (Å²) in [6.07, 6.45) is 1.01. The first kappa shape index (κ1) is 14.3. The number of rotatable bonds is 7. The van der Waals surface area contributed by atoms with E-state index >= 15 is 0 Å². The monoisotopic (exact) mass is 255 g/mol. The van der Waals surface area contributed by atoms with Gasteiger partial charge in [0.05, 0.1) is 7.11 Å². The van der Waals surface area contributed by atoms with Crippen molar-refractivity contribution in [3.05, 3.63) is 29.3 Å². The van der Waals surface area contributed by atoms with Crippen LogP contribution in [0.4, 0.5) is 0 Å². The van der Waals surface area contributed by atoms with Crippen molar-refractivity contribution < 1.29 is 4.74 Å². The molecule has 0 aliphatic rings. The predicted molar refractivity (Wildman–Crippen MR) is 74.1 cm³/mol. The highest BCUT2D eigenvalue weighted by Gasteiger charge is 2.07. The molecule has 0 unspecified atom stereocenters. The molecular weight excluding hydrogens is 234 g/mol. The molecule has 0 spiro atoms. The molecule has 0 aliphatic heterocycles. The number of hydrogen-bond acceptors (Lipinski definition) is 2. The molecule has 17 heavy (non-hydrogen) atoms. The minimum atomic E-state index is 0.479. The van der Waals surface area contributed by atoms with Crippen LogP contribution in [0, 0.1) is 0 Å². The van der Waals surface area contributed by atoms with Gasteiger partial charge in [0.15, 0.2) is 0 Å². The number of halogens is 1. The molecule has 0 fully saturated rings. The Kier molecular flexibility index (Phi) is 6.38. The number of alkyl halides is 1. The third-order valence-corrected chi connectivity index (χ3v) is 3.00. The first-order chi connectivity index (χ1) is 8.19. The number of benzene rings is 1. The fourth-order valence-corrected chi connectivity index (χ4v) is 1.90. The lowest BCUT2D eigenvalue weighted by Crippen LogP contribution is -2.15. The molecule has 0 aromatic heterocycles. The van der Waals surface area contributed by atoms with Crippen LogP contribution in [0.2, 0.25) is 0 Å². The summed E-state index contributed by atoms with van der Waals surface area (Å²) in [6.45, 7) is 6.22. The van der Waals surface area contributed by atoms with E-state index in [0.717, 1.165) is 25.3 Å². The number of methoxy groups -OCH3 is 1. The van der Waals surface area contributed by atoms with Gasteiger partial charge in [-0.3, -0.25) is 0 Å². The summed E-state index contributed by atoms with van der Waals surface area (Å²) in [7, 11) is 1.72. The lowest BCUT2D eigenvalue weighted by atomic mass is 9.99. The molecule has 0 amide bonds. The van der Waals surface area contributed by atoms with Crippen LogP contribution in [0.1, 0.15) is 37.3 Å². The highest BCUT2D eigenvalue weighted by Crippen LogP contribution is 2.27. The third-order valence-electron chi connectivity index (χ3n) is 2.73. The van der Waals surface area contributed by atoms with E-state index in [4.69, 9.17) is 16.3 Å². The number of ether oxygens (including phenoxy) is 1. The zero-order valence-electron chi connectivity index (χ0n) is 10.9. The Hall–Kier alpha value is -0.730. The molecule has 3 heteroatoms. The lowest BCUT2D eigenvalue weighted by Gasteiger charge is -2.13. The van der Waals surface area contributed by atoms with Crippen LogP contribution in [0.3, 0.4) is 0 Å². The van der Waals surface area contributed by atoms with Gasteiger partial charge in [0.25, 0.3) is 0 Å². The van der Waals surface area contributed by atoms with Gasteiger partial charge in [0.2, 0.25) is 0 Å². The van der Waals surface area contributed by atoms with Crippen LogP contribution in [0.25, 0.3) is 0 Å². The smallest absolute Gasteiger partial charge is 0.122 e. The van der Waals surface area contributed by atoms with Crippen molar-refractivity contribution >= 4 is 11.6 Å². The minimum absolute atomic E-state index is 0.479. The maximum atomic E-state index is 5.63. The standard InChI is InChI=1S/C14H22ClNO/c1-11(2)13-9-12(5-6-14(13)17-3)10-16-8-4-7-15/h5-6,9,11,16H,4,7-8,10H2,1-3H3. The molecule has 0 saturated heterocycles. The Morgan fingerprint density at radius 2 is 2.12 bits per heavy atom. The Labute approximate surface area is 109 Å². The van der Waals surface area contributed by atoms with Crippen molar-refractivity contribution in [1.29, 1.82) is 0 Å². The summed E-state index contributed by atoms with van der Waals surface area (Å²) in [6, 6.07) is 6.38. The fourth-order valence-electron chi connectivity index (χ4n) is 1.77. The topological polar surface area (TPSA) is 21.3 Å². The Morgan fingerprint density at radius 1 is 1.35 bits per heavy atom. The first-order valence-electron chi connectivity index (χ1n) is 6.12. The molecule has 1 aromatic rings. The van der Waals surface area contributed by atoms with E-state index in [1.54, 1.807) is 7.11 Å². The minimum Gasteiger partial charge on any atom is -0.496 e. The van der Waals surface area contributed by atoms with Crippen molar-refractivity contribution in [2.24, 2.45) is 0 Å². The maximum Gasteiger partial charge on any atom is 0.122 e. The Bertz CT molecular complexity index is 339. The summed E-state index contributed by atoms with van der Waals surface area (Å²) in [5.41, 5.74) is 2.56. The molecular formula is C14H22ClNO. The summed E-state index contributed by atoms with van der Waals surface area (Å²) in [5.74, 6) is 2.17. The van der Waals surface area contributed by atoms with E-state index in [1.165, 1.54) is 11.1 Å². The van der Waals surface area contributed by atoms with Gasteiger partial charge in [-0.2, -0.15) is 0 Å². The summed E-state index contributed by atoms with van der Waals surface area (Å²) >= 11 is 5.63. The van der Waals surface area contributed by atoms with Crippen LogP contribution < -0.4 is 10.1 Å². The van der Waals surface area contributed by atoms with Gasteiger partial charge in [-0.1, -0.05) is 26.0 Å². The van der Waals surface area contributed by atoms with Gasteiger partial charge in [-0.05, 0) is 36.1 Å². The van der Waals surface area contributed by atoms with Crippen molar-refractivity contribution in [2.75, 3.05) is 19.5 Å². The lowest BCUT2D eigenvalue weighted by molar-refractivity contribution is 0.407. The SMILES string of the molecule is COc1ccc(CNCCCCl)cc1C(C)C. The molecule has 2 nitrogen and oxygen atoms in total. The van der Waals surface area contributed by atoms with Crippen LogP contribution >= 0.6 is 11.6 Å². The zero-order valence-corrected chi connectivity index (χ0v) is 11.7. The summed E-state index contributed by atoms with van der Waals surface area (Å²) < 4.78 is 5.37. The second kappa shape index (κ2) is 7.57. The molecule has 0 saturated carbocycles. The van der Waals surface area contributed by atoms with E-state index in [2.05, 4.69) is 31.3 Å². The molecule has 0 atom stereocenters. The molecule has 0 heterocycles. The fraction of sp³-hybridized carbons (Fsp3) is 0.571. The molecule has 0 radical (unpaired) electrons. The van der Waals surface area contributed by atoms with Gasteiger partial charge in [-0.25, -0.2) is 0 Å². The van der Waals surface area contributed by atoms with Crippen LogP contribution in [-0.2, 0) is 6.54 Å². The molecule has 1 aromatic carbocycles. The second-order valence-electron chi connectivity index (χ2n) is 4.45. The molecule has 0 bridgehead atoms. The maximum absolute atomic E-state index is 5.63. The average Bonchev–Trinajstić information content (AvgIpc) is 2.34. The van der Waals surface area contributed by atoms with E-state index in [0.29, 0.717) is 11.8 Å². The third kappa shape index (κ3) is 4.57. The van der Waals surface area contributed by atoms with E-state index in [-0.39, 0.29) is 0 Å². The van der Waals surface area contributed by atoms with E-state index in [9.17, 15) is 0 Å². The highest BCUT2D eigenvalue weighted by atomic mass is 35.5.